The van der Waals surface area contributed by atoms with Crippen molar-refractivity contribution < 1.29 is 9.53 Å². The normalized spacial score (nSPS) is 12.0. The minimum atomic E-state index is 0.0228. The highest BCUT2D eigenvalue weighted by atomic mass is 16.5. The molecule has 0 aliphatic carbocycles. The SMILES string of the molecule is COc1ccc(CCC(=O)NC(C)c2ccc(C(C)C)cc2)cc1. The molecule has 128 valence electrons. The average molecular weight is 325 g/mol. The van der Waals surface area contributed by atoms with E-state index >= 15 is 0 Å². The van der Waals surface area contributed by atoms with Gasteiger partial charge in [0, 0.05) is 6.42 Å². The second-order valence-electron chi connectivity index (χ2n) is 6.46. The maximum absolute atomic E-state index is 12.2. The number of hydrogen-bond donors (Lipinski definition) is 1. The lowest BCUT2D eigenvalue weighted by Gasteiger charge is -2.15. The number of carbonyl (C=O) groups excluding carboxylic acids is 1. The second-order valence-corrected chi connectivity index (χ2v) is 6.46. The lowest BCUT2D eigenvalue weighted by Crippen LogP contribution is -2.26. The lowest BCUT2D eigenvalue weighted by atomic mass is 9.99. The molecule has 1 amide bonds. The molecule has 24 heavy (non-hydrogen) atoms. The van der Waals surface area contributed by atoms with E-state index in [0.29, 0.717) is 12.3 Å². The topological polar surface area (TPSA) is 38.3 Å². The summed E-state index contributed by atoms with van der Waals surface area (Å²) >= 11 is 0. The number of ether oxygens (including phenoxy) is 1. The first kappa shape index (κ1) is 18.1. The summed E-state index contributed by atoms with van der Waals surface area (Å²) < 4.78 is 5.14. The molecular formula is C21H27NO2. The van der Waals surface area contributed by atoms with E-state index in [4.69, 9.17) is 4.74 Å². The van der Waals surface area contributed by atoms with Crippen molar-refractivity contribution in [2.45, 2.75) is 45.6 Å². The van der Waals surface area contributed by atoms with Gasteiger partial charge in [-0.1, -0.05) is 50.2 Å². The first-order chi connectivity index (χ1) is 11.5. The summed E-state index contributed by atoms with van der Waals surface area (Å²) in [5.74, 6) is 1.43. The molecule has 1 atom stereocenters. The summed E-state index contributed by atoms with van der Waals surface area (Å²) in [7, 11) is 1.65. The van der Waals surface area contributed by atoms with Crippen LogP contribution >= 0.6 is 0 Å². The van der Waals surface area contributed by atoms with E-state index < -0.39 is 0 Å². The minimum Gasteiger partial charge on any atom is -0.497 e. The van der Waals surface area contributed by atoms with Gasteiger partial charge in [0.1, 0.15) is 5.75 Å². The minimum absolute atomic E-state index is 0.0228. The van der Waals surface area contributed by atoms with Crippen molar-refractivity contribution in [3.05, 3.63) is 65.2 Å². The van der Waals surface area contributed by atoms with Crippen molar-refractivity contribution in [3.8, 4) is 5.75 Å². The molecule has 1 N–H and O–H groups in total. The first-order valence-electron chi connectivity index (χ1n) is 8.51. The van der Waals surface area contributed by atoms with Crippen LogP contribution in [0.2, 0.25) is 0 Å². The maximum atomic E-state index is 12.2. The molecule has 3 heteroatoms. The highest BCUT2D eigenvalue weighted by molar-refractivity contribution is 5.76. The van der Waals surface area contributed by atoms with Crippen LogP contribution < -0.4 is 10.1 Å². The van der Waals surface area contributed by atoms with Gasteiger partial charge in [0.05, 0.1) is 13.2 Å². The molecule has 1 unspecified atom stereocenters. The van der Waals surface area contributed by atoms with Crippen LogP contribution in [0.3, 0.4) is 0 Å². The number of hydrogen-bond acceptors (Lipinski definition) is 2. The highest BCUT2D eigenvalue weighted by Gasteiger charge is 2.10. The zero-order valence-corrected chi connectivity index (χ0v) is 15.0. The van der Waals surface area contributed by atoms with Crippen molar-refractivity contribution in [2.24, 2.45) is 0 Å². The molecule has 3 nitrogen and oxygen atoms in total. The van der Waals surface area contributed by atoms with E-state index in [0.717, 1.165) is 23.3 Å². The second kappa shape index (κ2) is 8.53. The van der Waals surface area contributed by atoms with Crippen LogP contribution in [0.25, 0.3) is 0 Å². The molecule has 0 saturated carbocycles. The fourth-order valence-corrected chi connectivity index (χ4v) is 2.62. The number of benzene rings is 2. The Labute approximate surface area is 145 Å². The highest BCUT2D eigenvalue weighted by Crippen LogP contribution is 2.19. The molecule has 2 aromatic rings. The zero-order valence-electron chi connectivity index (χ0n) is 15.0. The number of carbonyl (C=O) groups is 1. The van der Waals surface area contributed by atoms with Gasteiger partial charge >= 0.3 is 0 Å². The van der Waals surface area contributed by atoms with Gasteiger partial charge in [-0.05, 0) is 48.1 Å². The fraction of sp³-hybridized carbons (Fsp3) is 0.381. The van der Waals surface area contributed by atoms with Gasteiger partial charge in [-0.3, -0.25) is 4.79 Å². The van der Waals surface area contributed by atoms with E-state index in [9.17, 15) is 4.79 Å². The quantitative estimate of drug-likeness (QED) is 0.806. The lowest BCUT2D eigenvalue weighted by molar-refractivity contribution is -0.121. The van der Waals surface area contributed by atoms with Crippen LogP contribution in [0.5, 0.6) is 5.75 Å². The summed E-state index contributed by atoms with van der Waals surface area (Å²) in [6, 6.07) is 16.3. The molecule has 0 aliphatic heterocycles. The summed E-state index contributed by atoms with van der Waals surface area (Å²) in [6.07, 6.45) is 1.22. The number of methoxy groups -OCH3 is 1. The van der Waals surface area contributed by atoms with Gasteiger partial charge in [0.15, 0.2) is 0 Å². The van der Waals surface area contributed by atoms with Crippen molar-refractivity contribution in [2.75, 3.05) is 7.11 Å². The average Bonchev–Trinajstić information content (AvgIpc) is 2.60. The molecule has 2 aromatic carbocycles. The van der Waals surface area contributed by atoms with E-state index in [1.165, 1.54) is 5.56 Å². The largest absolute Gasteiger partial charge is 0.497 e. The summed E-state index contributed by atoms with van der Waals surface area (Å²) in [5.41, 5.74) is 3.59. The number of rotatable bonds is 7. The Kier molecular flexibility index (Phi) is 6.42. The van der Waals surface area contributed by atoms with Gasteiger partial charge in [-0.25, -0.2) is 0 Å². The smallest absolute Gasteiger partial charge is 0.220 e. The van der Waals surface area contributed by atoms with E-state index in [-0.39, 0.29) is 11.9 Å². The van der Waals surface area contributed by atoms with E-state index in [1.807, 2.05) is 31.2 Å². The molecule has 0 heterocycles. The van der Waals surface area contributed by atoms with Crippen LogP contribution in [-0.4, -0.2) is 13.0 Å². The Hall–Kier alpha value is -2.29. The molecule has 0 saturated heterocycles. The van der Waals surface area contributed by atoms with Crippen molar-refractivity contribution in [1.29, 1.82) is 0 Å². The molecular weight excluding hydrogens is 298 g/mol. The molecule has 0 aromatic heterocycles. The Morgan fingerprint density at radius 1 is 0.958 bits per heavy atom. The van der Waals surface area contributed by atoms with E-state index in [2.05, 4.69) is 43.4 Å². The summed E-state index contributed by atoms with van der Waals surface area (Å²) in [6.45, 7) is 6.38. The molecule has 0 fully saturated rings. The molecule has 0 spiro atoms. The fourth-order valence-electron chi connectivity index (χ4n) is 2.62. The Morgan fingerprint density at radius 3 is 2.08 bits per heavy atom. The third-order valence-corrected chi connectivity index (χ3v) is 4.28. The number of aryl methyl sites for hydroxylation is 1. The van der Waals surface area contributed by atoms with E-state index in [1.54, 1.807) is 7.11 Å². The molecule has 0 aliphatic rings. The third-order valence-electron chi connectivity index (χ3n) is 4.28. The Balaban J connectivity index is 1.84. The maximum Gasteiger partial charge on any atom is 0.220 e. The van der Waals surface area contributed by atoms with Gasteiger partial charge in [0.2, 0.25) is 5.91 Å². The number of amides is 1. The monoisotopic (exact) mass is 325 g/mol. The number of nitrogens with one attached hydrogen (secondary N) is 1. The Bertz CT molecular complexity index is 645. The molecule has 0 bridgehead atoms. The van der Waals surface area contributed by atoms with Crippen LogP contribution in [0.1, 0.15) is 55.8 Å². The van der Waals surface area contributed by atoms with Crippen LogP contribution in [0.15, 0.2) is 48.5 Å². The van der Waals surface area contributed by atoms with Gasteiger partial charge in [-0.15, -0.1) is 0 Å². The van der Waals surface area contributed by atoms with Crippen LogP contribution in [-0.2, 0) is 11.2 Å². The summed E-state index contributed by atoms with van der Waals surface area (Å²) in [5, 5.41) is 3.07. The summed E-state index contributed by atoms with van der Waals surface area (Å²) in [4.78, 5) is 12.2. The zero-order chi connectivity index (χ0) is 17.5. The predicted molar refractivity (Wildman–Crippen MR) is 98.4 cm³/mol. The molecule has 2 rings (SSSR count). The first-order valence-corrected chi connectivity index (χ1v) is 8.51. The van der Waals surface area contributed by atoms with Crippen molar-refractivity contribution in [1.82, 2.24) is 5.32 Å². The van der Waals surface area contributed by atoms with Crippen LogP contribution in [0.4, 0.5) is 0 Å². The van der Waals surface area contributed by atoms with Crippen molar-refractivity contribution in [3.63, 3.8) is 0 Å². The Morgan fingerprint density at radius 2 is 1.54 bits per heavy atom. The van der Waals surface area contributed by atoms with Crippen LogP contribution in [0, 0.1) is 0 Å². The third kappa shape index (κ3) is 5.12. The van der Waals surface area contributed by atoms with Gasteiger partial charge in [-0.2, -0.15) is 0 Å². The van der Waals surface area contributed by atoms with Gasteiger partial charge in [0.25, 0.3) is 0 Å². The predicted octanol–water partition coefficient (Wildman–Crippen LogP) is 4.63. The standard InChI is InChI=1S/C21H27NO2/c1-15(2)18-8-10-19(11-9-18)16(3)22-21(23)14-7-17-5-12-20(24-4)13-6-17/h5-6,8-13,15-16H,7,14H2,1-4H3,(H,22,23). The van der Waals surface area contributed by atoms with Crippen molar-refractivity contribution >= 4 is 5.91 Å². The molecule has 0 radical (unpaired) electrons. The van der Waals surface area contributed by atoms with Gasteiger partial charge < -0.3 is 10.1 Å².